The number of morpholine rings is 1. The second kappa shape index (κ2) is 6.86. The molecular formula is C13H23N3O3. The molecule has 2 aliphatic rings. The van der Waals surface area contributed by atoms with Gasteiger partial charge >= 0.3 is 0 Å². The number of hydrogen-bond donors (Lipinski definition) is 1. The van der Waals surface area contributed by atoms with E-state index in [2.05, 4.69) is 5.32 Å². The Bertz CT molecular complexity index is 329. The number of piperidine rings is 1. The van der Waals surface area contributed by atoms with Gasteiger partial charge in [-0.05, 0) is 26.3 Å². The van der Waals surface area contributed by atoms with Crippen molar-refractivity contribution >= 4 is 11.8 Å². The van der Waals surface area contributed by atoms with Gasteiger partial charge in [-0.2, -0.15) is 0 Å². The van der Waals surface area contributed by atoms with Crippen LogP contribution in [-0.2, 0) is 14.3 Å². The molecule has 0 bridgehead atoms. The highest BCUT2D eigenvalue weighted by atomic mass is 16.5. The third kappa shape index (κ3) is 3.45. The molecule has 6 nitrogen and oxygen atoms in total. The third-order valence-corrected chi connectivity index (χ3v) is 3.76. The first kappa shape index (κ1) is 14.3. The van der Waals surface area contributed by atoms with Crippen LogP contribution in [0.3, 0.4) is 0 Å². The van der Waals surface area contributed by atoms with Crippen molar-refractivity contribution < 1.29 is 14.3 Å². The second-order valence-corrected chi connectivity index (χ2v) is 5.07. The summed E-state index contributed by atoms with van der Waals surface area (Å²) < 4.78 is 5.27. The Kier molecular flexibility index (Phi) is 5.15. The lowest BCUT2D eigenvalue weighted by molar-refractivity contribution is -0.149. The Balaban J connectivity index is 2.01. The van der Waals surface area contributed by atoms with Crippen LogP contribution in [0.4, 0.5) is 0 Å². The average molecular weight is 269 g/mol. The lowest BCUT2D eigenvalue weighted by atomic mass is 10.0. The summed E-state index contributed by atoms with van der Waals surface area (Å²) in [5.74, 6) is 0.112. The first-order valence-electron chi connectivity index (χ1n) is 7.04. The molecule has 0 aromatic carbocycles. The predicted molar refractivity (Wildman–Crippen MR) is 70.7 cm³/mol. The van der Waals surface area contributed by atoms with Gasteiger partial charge in [0.2, 0.25) is 11.8 Å². The van der Waals surface area contributed by atoms with Crippen LogP contribution in [0.5, 0.6) is 0 Å². The van der Waals surface area contributed by atoms with Gasteiger partial charge in [-0.25, -0.2) is 0 Å². The molecule has 0 spiro atoms. The molecule has 1 unspecified atom stereocenters. The number of nitrogens with zero attached hydrogens (tertiary/aromatic N) is 2. The molecule has 2 saturated heterocycles. The SMILES string of the molecule is CNCC(=O)N1CCCCC1C(=O)N1CCOCC1. The van der Waals surface area contributed by atoms with Crippen molar-refractivity contribution in [1.82, 2.24) is 15.1 Å². The molecule has 0 radical (unpaired) electrons. The fourth-order valence-corrected chi connectivity index (χ4v) is 2.73. The highest BCUT2D eigenvalue weighted by Crippen LogP contribution is 2.19. The number of hydrogen-bond acceptors (Lipinski definition) is 4. The first-order chi connectivity index (χ1) is 9.24. The van der Waals surface area contributed by atoms with Crippen molar-refractivity contribution in [2.75, 3.05) is 46.4 Å². The smallest absolute Gasteiger partial charge is 0.245 e. The Hall–Kier alpha value is -1.14. The molecular weight excluding hydrogens is 246 g/mol. The number of ether oxygens (including phenoxy) is 1. The van der Waals surface area contributed by atoms with Crippen LogP contribution >= 0.6 is 0 Å². The fourth-order valence-electron chi connectivity index (χ4n) is 2.73. The zero-order valence-electron chi connectivity index (χ0n) is 11.6. The van der Waals surface area contributed by atoms with Gasteiger partial charge in [0.15, 0.2) is 0 Å². The van der Waals surface area contributed by atoms with Gasteiger partial charge < -0.3 is 19.9 Å². The molecule has 2 rings (SSSR count). The number of rotatable bonds is 3. The van der Waals surface area contributed by atoms with E-state index in [0.717, 1.165) is 19.3 Å². The normalized spacial score (nSPS) is 24.4. The van der Waals surface area contributed by atoms with Crippen LogP contribution < -0.4 is 5.32 Å². The Labute approximate surface area is 114 Å². The molecule has 2 fully saturated rings. The second-order valence-electron chi connectivity index (χ2n) is 5.07. The molecule has 2 amide bonds. The van der Waals surface area contributed by atoms with Crippen LogP contribution in [0.2, 0.25) is 0 Å². The quantitative estimate of drug-likeness (QED) is 0.746. The first-order valence-corrected chi connectivity index (χ1v) is 7.04. The van der Waals surface area contributed by atoms with Crippen molar-refractivity contribution in [3.05, 3.63) is 0 Å². The molecule has 0 aliphatic carbocycles. The molecule has 2 aliphatic heterocycles. The van der Waals surface area contributed by atoms with Crippen molar-refractivity contribution in [3.63, 3.8) is 0 Å². The van der Waals surface area contributed by atoms with Crippen LogP contribution in [0.1, 0.15) is 19.3 Å². The summed E-state index contributed by atoms with van der Waals surface area (Å²) in [6.07, 6.45) is 2.79. The number of likely N-dealkylation sites (tertiary alicyclic amines) is 1. The lowest BCUT2D eigenvalue weighted by Crippen LogP contribution is -2.56. The molecule has 19 heavy (non-hydrogen) atoms. The summed E-state index contributed by atoms with van der Waals surface area (Å²) in [6, 6.07) is -0.271. The lowest BCUT2D eigenvalue weighted by Gasteiger charge is -2.38. The topological polar surface area (TPSA) is 61.9 Å². The van der Waals surface area contributed by atoms with E-state index >= 15 is 0 Å². The van der Waals surface area contributed by atoms with Crippen molar-refractivity contribution in [3.8, 4) is 0 Å². The molecule has 108 valence electrons. The summed E-state index contributed by atoms with van der Waals surface area (Å²) in [6.45, 7) is 3.48. The summed E-state index contributed by atoms with van der Waals surface area (Å²) in [5, 5.41) is 2.87. The standard InChI is InChI=1S/C13H23N3O3/c1-14-10-12(17)16-5-3-2-4-11(16)13(18)15-6-8-19-9-7-15/h11,14H,2-10H2,1H3. The number of nitrogens with one attached hydrogen (secondary N) is 1. The van der Waals surface area contributed by atoms with Gasteiger partial charge in [0.05, 0.1) is 19.8 Å². The van der Waals surface area contributed by atoms with E-state index in [1.807, 2.05) is 4.90 Å². The molecule has 0 aromatic rings. The Morgan fingerprint density at radius 1 is 1.21 bits per heavy atom. The minimum atomic E-state index is -0.271. The third-order valence-electron chi connectivity index (χ3n) is 3.76. The van der Waals surface area contributed by atoms with Gasteiger partial charge in [-0.1, -0.05) is 0 Å². The van der Waals surface area contributed by atoms with Crippen LogP contribution in [0.15, 0.2) is 0 Å². The molecule has 0 aromatic heterocycles. The number of amides is 2. The van der Waals surface area contributed by atoms with E-state index < -0.39 is 0 Å². The maximum absolute atomic E-state index is 12.5. The molecule has 6 heteroatoms. The van der Waals surface area contributed by atoms with Crippen molar-refractivity contribution in [2.24, 2.45) is 0 Å². The highest BCUT2D eigenvalue weighted by molar-refractivity contribution is 5.88. The minimum absolute atomic E-state index is 0.0220. The van der Waals surface area contributed by atoms with E-state index in [1.54, 1.807) is 11.9 Å². The van der Waals surface area contributed by atoms with Crippen LogP contribution in [0.25, 0.3) is 0 Å². The average Bonchev–Trinajstić information content (AvgIpc) is 2.47. The summed E-state index contributed by atoms with van der Waals surface area (Å²) >= 11 is 0. The van der Waals surface area contributed by atoms with Gasteiger partial charge in [-0.15, -0.1) is 0 Å². The van der Waals surface area contributed by atoms with Crippen molar-refractivity contribution in [1.29, 1.82) is 0 Å². The summed E-state index contributed by atoms with van der Waals surface area (Å²) in [7, 11) is 1.75. The zero-order valence-corrected chi connectivity index (χ0v) is 11.6. The fraction of sp³-hybridized carbons (Fsp3) is 0.846. The van der Waals surface area contributed by atoms with E-state index in [4.69, 9.17) is 4.74 Å². The number of carbonyl (C=O) groups excluding carboxylic acids is 2. The number of carbonyl (C=O) groups is 2. The summed E-state index contributed by atoms with van der Waals surface area (Å²) in [5.41, 5.74) is 0. The highest BCUT2D eigenvalue weighted by Gasteiger charge is 2.34. The van der Waals surface area contributed by atoms with Crippen LogP contribution in [0, 0.1) is 0 Å². The van der Waals surface area contributed by atoms with Gasteiger partial charge in [0, 0.05) is 19.6 Å². The van der Waals surface area contributed by atoms with Gasteiger partial charge in [0.1, 0.15) is 6.04 Å². The largest absolute Gasteiger partial charge is 0.378 e. The van der Waals surface area contributed by atoms with E-state index in [-0.39, 0.29) is 17.9 Å². The van der Waals surface area contributed by atoms with Gasteiger partial charge in [0.25, 0.3) is 0 Å². The molecule has 1 N–H and O–H groups in total. The van der Waals surface area contributed by atoms with E-state index in [1.165, 1.54) is 0 Å². The van der Waals surface area contributed by atoms with Gasteiger partial charge in [-0.3, -0.25) is 9.59 Å². The van der Waals surface area contributed by atoms with E-state index in [9.17, 15) is 9.59 Å². The van der Waals surface area contributed by atoms with E-state index in [0.29, 0.717) is 39.4 Å². The number of likely N-dealkylation sites (N-methyl/N-ethyl adjacent to an activating group) is 1. The minimum Gasteiger partial charge on any atom is -0.378 e. The maximum Gasteiger partial charge on any atom is 0.245 e. The summed E-state index contributed by atoms with van der Waals surface area (Å²) in [4.78, 5) is 28.2. The zero-order chi connectivity index (χ0) is 13.7. The van der Waals surface area contributed by atoms with Crippen LogP contribution in [-0.4, -0.2) is 74.1 Å². The molecule has 0 saturated carbocycles. The monoisotopic (exact) mass is 269 g/mol. The Morgan fingerprint density at radius 2 is 1.95 bits per heavy atom. The van der Waals surface area contributed by atoms with Crippen molar-refractivity contribution in [2.45, 2.75) is 25.3 Å². The maximum atomic E-state index is 12.5. The molecule has 1 atom stereocenters. The predicted octanol–water partition coefficient (Wildman–Crippen LogP) is -0.554. The Morgan fingerprint density at radius 3 is 2.63 bits per heavy atom. The molecule has 2 heterocycles.